The number of carbonyl (C=O) groups excluding carboxylic acids is 3. The van der Waals surface area contributed by atoms with Crippen molar-refractivity contribution in [3.8, 4) is 11.1 Å². The number of anilines is 1. The van der Waals surface area contributed by atoms with Crippen LogP contribution in [0.4, 0.5) is 10.5 Å². The number of hydrogen-bond donors (Lipinski definition) is 4. The Morgan fingerprint density at radius 1 is 0.902 bits per heavy atom. The predicted molar refractivity (Wildman–Crippen MR) is 197 cm³/mol. The van der Waals surface area contributed by atoms with E-state index in [-0.39, 0.29) is 31.0 Å². The highest BCUT2D eigenvalue weighted by Crippen LogP contribution is 2.44. The fourth-order valence-electron chi connectivity index (χ4n) is 7.40. The van der Waals surface area contributed by atoms with Crippen LogP contribution in [0.25, 0.3) is 22.0 Å². The standard InChI is InChI=1S/C41H41N5O5/c1-25-20-38(47)44-36-22-28(17-18-29(25)36)43-39(48)35(16-8-9-19-42)45-40(49)37-21-26-10-2-3-11-27(26)23-46(37)41(50)51-24-34-32-14-6-4-12-30(32)31-13-5-7-15-33(31)34/h2-7,10-15,17-18,20,22,34-35,37H,8-9,16,19,21,23-24,42H2,1H3,(H,43,48)(H,44,47)(H,45,49)/t35-,37-/m0/s1. The molecule has 0 saturated carbocycles. The molecule has 0 fully saturated rings. The number of nitrogens with two attached hydrogens (primary N) is 1. The van der Waals surface area contributed by atoms with Crippen LogP contribution in [0.5, 0.6) is 0 Å². The molecule has 0 spiro atoms. The summed E-state index contributed by atoms with van der Waals surface area (Å²) in [5.41, 5.74) is 13.8. The van der Waals surface area contributed by atoms with Gasteiger partial charge in [0.15, 0.2) is 0 Å². The van der Waals surface area contributed by atoms with Gasteiger partial charge in [0, 0.05) is 29.5 Å². The van der Waals surface area contributed by atoms with Crippen LogP contribution in [-0.2, 0) is 27.3 Å². The molecule has 0 saturated heterocycles. The second kappa shape index (κ2) is 14.6. The number of aromatic nitrogens is 1. The zero-order valence-electron chi connectivity index (χ0n) is 28.5. The highest BCUT2D eigenvalue weighted by Gasteiger charge is 2.38. The lowest BCUT2D eigenvalue weighted by Gasteiger charge is -2.36. The minimum atomic E-state index is -0.894. The van der Waals surface area contributed by atoms with E-state index >= 15 is 0 Å². The van der Waals surface area contributed by atoms with E-state index < -0.39 is 30.0 Å². The van der Waals surface area contributed by atoms with Crippen molar-refractivity contribution in [2.75, 3.05) is 18.5 Å². The molecule has 5 aromatic rings. The Labute approximate surface area is 296 Å². The minimum Gasteiger partial charge on any atom is -0.448 e. The molecule has 7 rings (SSSR count). The van der Waals surface area contributed by atoms with Crippen LogP contribution < -0.4 is 21.9 Å². The third kappa shape index (κ3) is 7.00. The minimum absolute atomic E-state index is 0.125. The molecule has 1 aliphatic heterocycles. The van der Waals surface area contributed by atoms with Crippen molar-refractivity contribution < 1.29 is 19.1 Å². The number of carbonyl (C=O) groups is 3. The van der Waals surface area contributed by atoms with E-state index in [1.807, 2.05) is 61.5 Å². The van der Waals surface area contributed by atoms with Gasteiger partial charge in [-0.1, -0.05) is 78.9 Å². The molecule has 1 aliphatic carbocycles. The molecule has 3 amide bonds. The van der Waals surface area contributed by atoms with E-state index in [2.05, 4.69) is 39.9 Å². The molecule has 5 N–H and O–H groups in total. The van der Waals surface area contributed by atoms with Crippen molar-refractivity contribution in [3.05, 3.63) is 135 Å². The Balaban J connectivity index is 1.10. The molecule has 1 aromatic heterocycles. The topological polar surface area (TPSA) is 147 Å². The normalized spacial score (nSPS) is 15.4. The molecular formula is C41H41N5O5. The second-order valence-electron chi connectivity index (χ2n) is 13.3. The molecule has 10 nitrogen and oxygen atoms in total. The number of benzene rings is 4. The van der Waals surface area contributed by atoms with E-state index in [4.69, 9.17) is 10.5 Å². The number of rotatable bonds is 10. The van der Waals surface area contributed by atoms with Gasteiger partial charge in [-0.05, 0) is 83.8 Å². The van der Waals surface area contributed by atoms with Crippen LogP contribution >= 0.6 is 0 Å². The number of H-pyrrole nitrogens is 1. The highest BCUT2D eigenvalue weighted by molar-refractivity contribution is 5.99. The maximum atomic E-state index is 14.2. The molecule has 10 heteroatoms. The zero-order valence-corrected chi connectivity index (χ0v) is 28.5. The molecular weight excluding hydrogens is 642 g/mol. The maximum absolute atomic E-state index is 14.2. The summed E-state index contributed by atoms with van der Waals surface area (Å²) in [6.45, 7) is 2.63. The largest absolute Gasteiger partial charge is 0.448 e. The lowest BCUT2D eigenvalue weighted by atomic mass is 9.93. The van der Waals surface area contributed by atoms with Gasteiger partial charge in [-0.15, -0.1) is 0 Å². The number of ether oxygens (including phenoxy) is 1. The zero-order chi connectivity index (χ0) is 35.5. The van der Waals surface area contributed by atoms with Crippen molar-refractivity contribution in [1.29, 1.82) is 0 Å². The summed E-state index contributed by atoms with van der Waals surface area (Å²) < 4.78 is 6.03. The number of nitrogens with one attached hydrogen (secondary N) is 3. The Morgan fingerprint density at radius 3 is 2.31 bits per heavy atom. The predicted octanol–water partition coefficient (Wildman–Crippen LogP) is 5.76. The Kier molecular flexibility index (Phi) is 9.68. The molecule has 0 bridgehead atoms. The summed E-state index contributed by atoms with van der Waals surface area (Å²) >= 11 is 0. The molecule has 2 atom stereocenters. The number of aromatic amines is 1. The van der Waals surface area contributed by atoms with Crippen molar-refractivity contribution >= 4 is 34.5 Å². The highest BCUT2D eigenvalue weighted by atomic mass is 16.6. The van der Waals surface area contributed by atoms with Crippen LogP contribution in [0.15, 0.2) is 102 Å². The van der Waals surface area contributed by atoms with Crippen LogP contribution in [0.1, 0.15) is 53.0 Å². The van der Waals surface area contributed by atoms with Gasteiger partial charge in [0.05, 0.1) is 12.1 Å². The molecule has 2 aliphatic rings. The van der Waals surface area contributed by atoms with Crippen molar-refractivity contribution in [1.82, 2.24) is 15.2 Å². The van der Waals surface area contributed by atoms with E-state index in [0.717, 1.165) is 44.3 Å². The van der Waals surface area contributed by atoms with Crippen LogP contribution in [0, 0.1) is 6.92 Å². The van der Waals surface area contributed by atoms with Crippen LogP contribution in [0.3, 0.4) is 0 Å². The second-order valence-corrected chi connectivity index (χ2v) is 13.3. The summed E-state index contributed by atoms with van der Waals surface area (Å²) in [7, 11) is 0. The van der Waals surface area contributed by atoms with E-state index in [9.17, 15) is 19.2 Å². The molecule has 51 heavy (non-hydrogen) atoms. The third-order valence-corrected chi connectivity index (χ3v) is 10.0. The summed E-state index contributed by atoms with van der Waals surface area (Å²) in [6.07, 6.45) is 1.34. The first-order valence-corrected chi connectivity index (χ1v) is 17.4. The van der Waals surface area contributed by atoms with E-state index in [0.29, 0.717) is 37.0 Å². The van der Waals surface area contributed by atoms with Crippen molar-refractivity contribution in [3.63, 3.8) is 0 Å². The van der Waals surface area contributed by atoms with E-state index in [1.165, 1.54) is 11.0 Å². The van der Waals surface area contributed by atoms with Gasteiger partial charge in [0.2, 0.25) is 17.4 Å². The number of unbranched alkanes of at least 4 members (excludes halogenated alkanes) is 1. The molecule has 260 valence electrons. The van der Waals surface area contributed by atoms with Crippen LogP contribution in [0.2, 0.25) is 0 Å². The number of hydrogen-bond acceptors (Lipinski definition) is 6. The number of nitrogens with zero attached hydrogens (tertiary/aromatic N) is 1. The summed E-state index contributed by atoms with van der Waals surface area (Å²) in [5, 5.41) is 6.74. The molecule has 2 heterocycles. The average molecular weight is 684 g/mol. The van der Waals surface area contributed by atoms with Gasteiger partial charge >= 0.3 is 6.09 Å². The monoisotopic (exact) mass is 683 g/mol. The van der Waals surface area contributed by atoms with Gasteiger partial charge < -0.3 is 26.1 Å². The smallest absolute Gasteiger partial charge is 0.410 e. The van der Waals surface area contributed by atoms with E-state index in [1.54, 1.807) is 12.1 Å². The number of amides is 3. The first-order chi connectivity index (χ1) is 24.8. The van der Waals surface area contributed by atoms with Gasteiger partial charge in [-0.3, -0.25) is 19.3 Å². The first kappa shape index (κ1) is 33.7. The lowest BCUT2D eigenvalue weighted by Crippen LogP contribution is -2.56. The maximum Gasteiger partial charge on any atom is 0.410 e. The summed E-state index contributed by atoms with van der Waals surface area (Å²) in [4.78, 5) is 58.2. The lowest BCUT2D eigenvalue weighted by molar-refractivity contribution is -0.130. The number of aryl methyl sites for hydroxylation is 1. The molecule has 0 unspecified atom stereocenters. The van der Waals surface area contributed by atoms with Gasteiger partial charge in [0.25, 0.3) is 0 Å². The molecule has 0 radical (unpaired) electrons. The van der Waals surface area contributed by atoms with Crippen molar-refractivity contribution in [2.24, 2.45) is 5.73 Å². The SMILES string of the molecule is Cc1cc(=O)[nH]c2cc(NC(=O)[C@H](CCCCN)NC(=O)[C@@H]3Cc4ccccc4CN3C(=O)OCC3c4ccccc4-c4ccccc43)ccc12. The van der Waals surface area contributed by atoms with Crippen LogP contribution in [-0.4, -0.2) is 53.0 Å². The average Bonchev–Trinajstić information content (AvgIpc) is 3.46. The summed E-state index contributed by atoms with van der Waals surface area (Å²) in [5.74, 6) is -0.971. The Bertz CT molecular complexity index is 2130. The summed E-state index contributed by atoms with van der Waals surface area (Å²) in [6, 6.07) is 29.1. The van der Waals surface area contributed by atoms with Gasteiger partial charge in [0.1, 0.15) is 18.7 Å². The van der Waals surface area contributed by atoms with Crippen molar-refractivity contribution in [2.45, 2.75) is 57.2 Å². The quantitative estimate of drug-likeness (QED) is 0.138. The fraction of sp³-hybridized carbons (Fsp3) is 0.268. The molecule has 4 aromatic carbocycles. The first-order valence-electron chi connectivity index (χ1n) is 17.4. The number of pyridine rings is 1. The van der Waals surface area contributed by atoms with Gasteiger partial charge in [-0.25, -0.2) is 4.79 Å². The Hall–Kier alpha value is -5.74. The number of fused-ring (bicyclic) bond motifs is 5. The fourth-order valence-corrected chi connectivity index (χ4v) is 7.40. The van der Waals surface area contributed by atoms with Gasteiger partial charge in [-0.2, -0.15) is 0 Å². The Morgan fingerprint density at radius 2 is 1.59 bits per heavy atom. The third-order valence-electron chi connectivity index (χ3n) is 10.0.